The van der Waals surface area contributed by atoms with Crippen molar-refractivity contribution in [1.82, 2.24) is 9.80 Å². The maximum absolute atomic E-state index is 2.80. The highest BCUT2D eigenvalue weighted by atomic mass is 15.3. The third-order valence-corrected chi connectivity index (χ3v) is 5.60. The summed E-state index contributed by atoms with van der Waals surface area (Å²) in [5.74, 6) is 0. The molecule has 1 atom stereocenters. The summed E-state index contributed by atoms with van der Waals surface area (Å²) >= 11 is 0. The smallest absolute Gasteiger partial charge is 0.0429 e. The molecule has 1 saturated heterocycles. The highest BCUT2D eigenvalue weighted by molar-refractivity contribution is 5.47. The molecule has 1 aromatic rings. The van der Waals surface area contributed by atoms with Crippen LogP contribution in [0.15, 0.2) is 30.3 Å². The molecular weight excluding hydrogens is 282 g/mol. The molecule has 1 unspecified atom stereocenters. The molecule has 0 radical (unpaired) electrons. The number of nitrogens with zero attached hydrogens (tertiary/aromatic N) is 3. The van der Waals surface area contributed by atoms with Crippen molar-refractivity contribution in [3.8, 4) is 0 Å². The zero-order chi connectivity index (χ0) is 16.1. The van der Waals surface area contributed by atoms with Gasteiger partial charge in [-0.2, -0.15) is 0 Å². The van der Waals surface area contributed by atoms with Gasteiger partial charge in [-0.1, -0.05) is 37.5 Å². The lowest BCUT2D eigenvalue weighted by Gasteiger charge is -2.46. The number of anilines is 1. The van der Waals surface area contributed by atoms with Gasteiger partial charge in [-0.25, -0.2) is 0 Å². The monoisotopic (exact) mass is 315 g/mol. The van der Waals surface area contributed by atoms with Crippen LogP contribution in [-0.4, -0.2) is 62.2 Å². The molecule has 1 saturated carbocycles. The summed E-state index contributed by atoms with van der Waals surface area (Å²) in [5, 5.41) is 0. The molecule has 0 amide bonds. The van der Waals surface area contributed by atoms with Crippen molar-refractivity contribution in [2.75, 3.05) is 45.2 Å². The summed E-state index contributed by atoms with van der Waals surface area (Å²) < 4.78 is 0. The van der Waals surface area contributed by atoms with E-state index in [9.17, 15) is 0 Å². The number of benzene rings is 1. The number of para-hydroxylation sites is 1. The summed E-state index contributed by atoms with van der Waals surface area (Å²) in [5.41, 5.74) is 1.40. The van der Waals surface area contributed by atoms with Gasteiger partial charge < -0.3 is 9.80 Å². The van der Waals surface area contributed by atoms with Gasteiger partial charge in [-0.05, 0) is 52.0 Å². The van der Waals surface area contributed by atoms with Gasteiger partial charge in [-0.3, -0.25) is 4.90 Å². The molecule has 0 spiro atoms. The topological polar surface area (TPSA) is 9.72 Å². The second-order valence-electron chi connectivity index (χ2n) is 7.56. The second kappa shape index (κ2) is 8.16. The zero-order valence-electron chi connectivity index (χ0n) is 15.0. The van der Waals surface area contributed by atoms with Gasteiger partial charge >= 0.3 is 0 Å². The van der Waals surface area contributed by atoms with E-state index in [4.69, 9.17) is 0 Å². The zero-order valence-corrected chi connectivity index (χ0v) is 15.0. The molecule has 2 aliphatic rings. The Balaban J connectivity index is 1.68. The van der Waals surface area contributed by atoms with Crippen LogP contribution in [0.5, 0.6) is 0 Å². The molecule has 1 aliphatic heterocycles. The van der Waals surface area contributed by atoms with E-state index in [-0.39, 0.29) is 0 Å². The SMILES string of the molecule is CN(C)CCC1CN(C2CCCCC2)CCN1c1ccccc1. The van der Waals surface area contributed by atoms with E-state index >= 15 is 0 Å². The Kier molecular flexibility index (Phi) is 5.96. The van der Waals surface area contributed by atoms with Crippen molar-refractivity contribution in [3.63, 3.8) is 0 Å². The predicted molar refractivity (Wildman–Crippen MR) is 99.2 cm³/mol. The van der Waals surface area contributed by atoms with E-state index in [1.54, 1.807) is 0 Å². The van der Waals surface area contributed by atoms with Crippen LogP contribution >= 0.6 is 0 Å². The lowest BCUT2D eigenvalue weighted by atomic mass is 9.92. The summed E-state index contributed by atoms with van der Waals surface area (Å²) in [6.07, 6.45) is 8.42. The molecule has 3 rings (SSSR count). The first kappa shape index (κ1) is 16.8. The Bertz CT molecular complexity index is 453. The minimum absolute atomic E-state index is 0.649. The maximum atomic E-state index is 2.80. The number of piperazine rings is 1. The predicted octanol–water partition coefficient (Wildman–Crippen LogP) is 3.46. The van der Waals surface area contributed by atoms with Gasteiger partial charge in [0.05, 0.1) is 0 Å². The molecule has 1 aromatic carbocycles. The standard InChI is InChI=1S/C20H33N3/c1-21(2)14-13-20-17-22(18-9-5-3-6-10-18)15-16-23(20)19-11-7-4-8-12-19/h4,7-8,11-12,18,20H,3,5-6,9-10,13-17H2,1-2H3. The van der Waals surface area contributed by atoms with Crippen LogP contribution in [0.4, 0.5) is 5.69 Å². The lowest BCUT2D eigenvalue weighted by Crippen LogP contribution is -2.56. The van der Waals surface area contributed by atoms with Crippen molar-refractivity contribution in [3.05, 3.63) is 30.3 Å². The molecule has 0 bridgehead atoms. The fraction of sp³-hybridized carbons (Fsp3) is 0.700. The van der Waals surface area contributed by atoms with Crippen LogP contribution < -0.4 is 4.90 Å². The molecule has 23 heavy (non-hydrogen) atoms. The van der Waals surface area contributed by atoms with Crippen LogP contribution in [0.25, 0.3) is 0 Å². The first-order chi connectivity index (χ1) is 11.2. The molecule has 0 aromatic heterocycles. The number of hydrogen-bond donors (Lipinski definition) is 0. The molecule has 3 nitrogen and oxygen atoms in total. The van der Waals surface area contributed by atoms with E-state index in [1.165, 1.54) is 70.4 Å². The van der Waals surface area contributed by atoms with Crippen LogP contribution in [-0.2, 0) is 0 Å². The fourth-order valence-corrected chi connectivity index (χ4v) is 4.27. The Hall–Kier alpha value is -1.06. The highest BCUT2D eigenvalue weighted by Crippen LogP contribution is 2.28. The Morgan fingerprint density at radius 2 is 1.74 bits per heavy atom. The molecule has 0 N–H and O–H groups in total. The van der Waals surface area contributed by atoms with Crippen molar-refractivity contribution < 1.29 is 0 Å². The van der Waals surface area contributed by atoms with Gasteiger partial charge in [0.2, 0.25) is 0 Å². The second-order valence-corrected chi connectivity index (χ2v) is 7.56. The normalized spacial score (nSPS) is 24.3. The molecule has 2 fully saturated rings. The molecule has 1 heterocycles. The van der Waals surface area contributed by atoms with Crippen LogP contribution in [0.2, 0.25) is 0 Å². The van der Waals surface area contributed by atoms with Crippen molar-refractivity contribution >= 4 is 5.69 Å². The third-order valence-electron chi connectivity index (χ3n) is 5.60. The lowest BCUT2D eigenvalue weighted by molar-refractivity contribution is 0.124. The van der Waals surface area contributed by atoms with E-state index in [2.05, 4.69) is 59.1 Å². The van der Waals surface area contributed by atoms with E-state index in [1.807, 2.05) is 0 Å². The quantitative estimate of drug-likeness (QED) is 0.824. The van der Waals surface area contributed by atoms with Crippen LogP contribution in [0.3, 0.4) is 0 Å². The third kappa shape index (κ3) is 4.48. The first-order valence-corrected chi connectivity index (χ1v) is 9.44. The average molecular weight is 316 g/mol. The van der Waals surface area contributed by atoms with Crippen LogP contribution in [0.1, 0.15) is 38.5 Å². The maximum Gasteiger partial charge on any atom is 0.0429 e. The van der Waals surface area contributed by atoms with Gasteiger partial charge in [0.25, 0.3) is 0 Å². The van der Waals surface area contributed by atoms with Crippen LogP contribution in [0, 0.1) is 0 Å². The van der Waals surface area contributed by atoms with E-state index in [0.717, 1.165) is 6.04 Å². The first-order valence-electron chi connectivity index (χ1n) is 9.44. The summed E-state index contributed by atoms with van der Waals surface area (Å²) in [6.45, 7) is 4.83. The highest BCUT2D eigenvalue weighted by Gasteiger charge is 2.31. The van der Waals surface area contributed by atoms with Crippen molar-refractivity contribution in [1.29, 1.82) is 0 Å². The molecular formula is C20H33N3. The fourth-order valence-electron chi connectivity index (χ4n) is 4.27. The Morgan fingerprint density at radius 1 is 1.00 bits per heavy atom. The number of rotatable bonds is 5. The summed E-state index contributed by atoms with van der Waals surface area (Å²) in [6, 6.07) is 12.5. The Labute approximate surface area is 142 Å². The molecule has 128 valence electrons. The summed E-state index contributed by atoms with van der Waals surface area (Å²) in [7, 11) is 4.38. The Morgan fingerprint density at radius 3 is 2.43 bits per heavy atom. The van der Waals surface area contributed by atoms with Crippen molar-refractivity contribution in [2.24, 2.45) is 0 Å². The molecule has 3 heteroatoms. The average Bonchev–Trinajstić information content (AvgIpc) is 2.61. The van der Waals surface area contributed by atoms with Gasteiger partial charge in [0, 0.05) is 37.4 Å². The van der Waals surface area contributed by atoms with E-state index < -0.39 is 0 Å². The van der Waals surface area contributed by atoms with Gasteiger partial charge in [0.1, 0.15) is 0 Å². The number of hydrogen-bond acceptors (Lipinski definition) is 3. The minimum Gasteiger partial charge on any atom is -0.366 e. The van der Waals surface area contributed by atoms with Gasteiger partial charge in [0.15, 0.2) is 0 Å². The van der Waals surface area contributed by atoms with Gasteiger partial charge in [-0.15, -0.1) is 0 Å². The largest absolute Gasteiger partial charge is 0.366 e. The molecule has 1 aliphatic carbocycles. The minimum atomic E-state index is 0.649. The summed E-state index contributed by atoms with van der Waals surface area (Å²) in [4.78, 5) is 7.78. The van der Waals surface area contributed by atoms with E-state index in [0.29, 0.717) is 6.04 Å². The van der Waals surface area contributed by atoms with Crippen molar-refractivity contribution in [2.45, 2.75) is 50.6 Å².